The van der Waals surface area contributed by atoms with Crippen LogP contribution in [0.3, 0.4) is 0 Å². The Hall–Kier alpha value is -1.96. The molecule has 1 saturated carbocycles. The summed E-state index contributed by atoms with van der Waals surface area (Å²) >= 11 is 0. The number of sulfonamides is 1. The standard InChI is InChI=1S/C14H19N5O2S/c1-9(2)11-7-15-8-16-14(11)18-22(20,21)13-6-12(10-4-5-10)17-19(13)3/h6-10H,4-5H2,1-3H3,(H,15,16,18). The van der Waals surface area contributed by atoms with Crippen LogP contribution >= 0.6 is 0 Å². The first-order valence-electron chi connectivity index (χ1n) is 7.25. The van der Waals surface area contributed by atoms with Crippen LogP contribution < -0.4 is 4.72 Å². The van der Waals surface area contributed by atoms with Crippen molar-refractivity contribution >= 4 is 15.8 Å². The third kappa shape index (κ3) is 2.83. The van der Waals surface area contributed by atoms with Gasteiger partial charge in [-0.1, -0.05) is 13.8 Å². The Morgan fingerprint density at radius 3 is 2.73 bits per heavy atom. The third-order valence-electron chi connectivity index (χ3n) is 3.72. The Bertz CT molecular complexity index is 793. The largest absolute Gasteiger partial charge is 0.280 e. The van der Waals surface area contributed by atoms with Crippen molar-refractivity contribution < 1.29 is 8.42 Å². The zero-order valence-corrected chi connectivity index (χ0v) is 13.6. The summed E-state index contributed by atoms with van der Waals surface area (Å²) in [6.45, 7) is 3.93. The van der Waals surface area contributed by atoms with E-state index in [1.54, 1.807) is 19.3 Å². The van der Waals surface area contributed by atoms with E-state index in [2.05, 4.69) is 19.8 Å². The molecule has 1 aliphatic carbocycles. The van der Waals surface area contributed by atoms with Crippen molar-refractivity contribution in [1.29, 1.82) is 0 Å². The molecule has 2 aromatic rings. The van der Waals surface area contributed by atoms with Gasteiger partial charge in [0.15, 0.2) is 5.03 Å². The van der Waals surface area contributed by atoms with Crippen LogP contribution in [0, 0.1) is 0 Å². The quantitative estimate of drug-likeness (QED) is 0.910. The smallest absolute Gasteiger partial charge is 0.262 e. The average molecular weight is 321 g/mol. The molecule has 8 heteroatoms. The summed E-state index contributed by atoms with van der Waals surface area (Å²) in [5.74, 6) is 0.840. The minimum Gasteiger partial charge on any atom is -0.262 e. The number of aromatic nitrogens is 4. The summed E-state index contributed by atoms with van der Waals surface area (Å²) in [6, 6.07) is 1.65. The van der Waals surface area contributed by atoms with Gasteiger partial charge in [0.2, 0.25) is 0 Å². The molecule has 22 heavy (non-hydrogen) atoms. The lowest BCUT2D eigenvalue weighted by molar-refractivity contribution is 0.581. The number of hydrogen-bond acceptors (Lipinski definition) is 5. The molecule has 118 valence electrons. The van der Waals surface area contributed by atoms with Crippen molar-refractivity contribution in [3.63, 3.8) is 0 Å². The van der Waals surface area contributed by atoms with Gasteiger partial charge in [0.05, 0.1) is 5.69 Å². The van der Waals surface area contributed by atoms with E-state index in [9.17, 15) is 8.42 Å². The fourth-order valence-corrected chi connectivity index (χ4v) is 3.52. The molecule has 0 spiro atoms. The van der Waals surface area contributed by atoms with E-state index in [4.69, 9.17) is 0 Å². The topological polar surface area (TPSA) is 89.8 Å². The highest BCUT2D eigenvalue weighted by atomic mass is 32.2. The number of nitrogens with one attached hydrogen (secondary N) is 1. The first kappa shape index (κ1) is 15.0. The van der Waals surface area contributed by atoms with Crippen LogP contribution in [0.1, 0.15) is 49.8 Å². The van der Waals surface area contributed by atoms with Crippen LogP contribution in [-0.2, 0) is 17.1 Å². The minimum atomic E-state index is -3.72. The molecule has 0 amide bonds. The van der Waals surface area contributed by atoms with Crippen LogP contribution in [0.25, 0.3) is 0 Å². The number of rotatable bonds is 5. The van der Waals surface area contributed by atoms with Crippen molar-refractivity contribution in [3.8, 4) is 0 Å². The number of nitrogens with zero attached hydrogens (tertiary/aromatic N) is 4. The third-order valence-corrected chi connectivity index (χ3v) is 5.12. The predicted molar refractivity (Wildman–Crippen MR) is 82.1 cm³/mol. The van der Waals surface area contributed by atoms with Crippen LogP contribution in [0.15, 0.2) is 23.6 Å². The van der Waals surface area contributed by atoms with Gasteiger partial charge >= 0.3 is 0 Å². The Labute approximate surface area is 129 Å². The lowest BCUT2D eigenvalue weighted by Gasteiger charge is -2.12. The van der Waals surface area contributed by atoms with Crippen molar-refractivity contribution in [2.24, 2.45) is 7.05 Å². The number of anilines is 1. The normalized spacial score (nSPS) is 15.3. The van der Waals surface area contributed by atoms with Crippen molar-refractivity contribution in [2.45, 2.75) is 43.6 Å². The highest BCUT2D eigenvalue weighted by Gasteiger charge is 2.30. The molecular weight excluding hydrogens is 302 g/mol. The molecule has 0 atom stereocenters. The Morgan fingerprint density at radius 2 is 2.09 bits per heavy atom. The zero-order valence-electron chi connectivity index (χ0n) is 12.8. The minimum absolute atomic E-state index is 0.118. The molecule has 1 aliphatic rings. The maximum absolute atomic E-state index is 12.6. The lowest BCUT2D eigenvalue weighted by Crippen LogP contribution is -2.18. The fourth-order valence-electron chi connectivity index (χ4n) is 2.33. The molecule has 0 radical (unpaired) electrons. The Balaban J connectivity index is 1.94. The van der Waals surface area contributed by atoms with Gasteiger partial charge in [-0.3, -0.25) is 9.40 Å². The summed E-state index contributed by atoms with van der Waals surface area (Å²) in [5, 5.41) is 4.46. The van der Waals surface area contributed by atoms with E-state index in [-0.39, 0.29) is 10.9 Å². The van der Waals surface area contributed by atoms with Gasteiger partial charge in [-0.2, -0.15) is 13.5 Å². The molecular formula is C14H19N5O2S. The van der Waals surface area contributed by atoms with Gasteiger partial charge < -0.3 is 0 Å². The van der Waals surface area contributed by atoms with Crippen LogP contribution in [0.2, 0.25) is 0 Å². The zero-order chi connectivity index (χ0) is 15.9. The average Bonchev–Trinajstić information content (AvgIpc) is 3.21. The molecule has 3 rings (SSSR count). The van der Waals surface area contributed by atoms with E-state index in [1.165, 1.54) is 11.0 Å². The van der Waals surface area contributed by atoms with Gasteiger partial charge in [0.25, 0.3) is 10.0 Å². The highest BCUT2D eigenvalue weighted by molar-refractivity contribution is 7.92. The second kappa shape index (κ2) is 5.35. The van der Waals surface area contributed by atoms with Crippen LogP contribution in [0.4, 0.5) is 5.82 Å². The van der Waals surface area contributed by atoms with Crippen LogP contribution in [0.5, 0.6) is 0 Å². The van der Waals surface area contributed by atoms with Gasteiger partial charge in [-0.15, -0.1) is 0 Å². The molecule has 7 nitrogen and oxygen atoms in total. The SMILES string of the molecule is CC(C)c1cncnc1NS(=O)(=O)c1cc(C2CC2)nn1C. The second-order valence-corrected chi connectivity index (χ2v) is 7.52. The van der Waals surface area contributed by atoms with E-state index in [0.29, 0.717) is 11.7 Å². The summed E-state index contributed by atoms with van der Waals surface area (Å²) in [6.07, 6.45) is 5.12. The molecule has 1 N–H and O–H groups in total. The molecule has 0 unspecified atom stereocenters. The first-order valence-corrected chi connectivity index (χ1v) is 8.73. The summed E-state index contributed by atoms with van der Waals surface area (Å²) in [5.41, 5.74) is 1.60. The lowest BCUT2D eigenvalue weighted by atomic mass is 10.1. The number of aryl methyl sites for hydroxylation is 1. The first-order chi connectivity index (χ1) is 10.4. The highest BCUT2D eigenvalue weighted by Crippen LogP contribution is 2.39. The van der Waals surface area contributed by atoms with Gasteiger partial charge in [-0.25, -0.2) is 9.97 Å². The maximum Gasteiger partial charge on any atom is 0.280 e. The van der Waals surface area contributed by atoms with Gasteiger partial charge in [0.1, 0.15) is 12.1 Å². The van der Waals surface area contributed by atoms with Crippen LogP contribution in [-0.4, -0.2) is 28.2 Å². The van der Waals surface area contributed by atoms with E-state index < -0.39 is 10.0 Å². The molecule has 0 aliphatic heterocycles. The molecule has 0 saturated heterocycles. The van der Waals surface area contributed by atoms with Crippen molar-refractivity contribution in [1.82, 2.24) is 19.7 Å². The van der Waals surface area contributed by atoms with E-state index in [0.717, 1.165) is 24.1 Å². The fraction of sp³-hybridized carbons (Fsp3) is 0.500. The van der Waals surface area contributed by atoms with Gasteiger partial charge in [-0.05, 0) is 18.8 Å². The summed E-state index contributed by atoms with van der Waals surface area (Å²) in [7, 11) is -2.08. The van der Waals surface area contributed by atoms with E-state index >= 15 is 0 Å². The van der Waals surface area contributed by atoms with Crippen molar-refractivity contribution in [2.75, 3.05) is 4.72 Å². The monoisotopic (exact) mass is 321 g/mol. The maximum atomic E-state index is 12.6. The number of hydrogen-bond donors (Lipinski definition) is 1. The Morgan fingerprint density at radius 1 is 1.36 bits per heavy atom. The van der Waals surface area contributed by atoms with Crippen molar-refractivity contribution in [3.05, 3.63) is 29.8 Å². The molecule has 2 aromatic heterocycles. The predicted octanol–water partition coefficient (Wildman–Crippen LogP) is 2.01. The molecule has 1 fully saturated rings. The summed E-state index contributed by atoms with van der Waals surface area (Å²) in [4.78, 5) is 8.02. The molecule has 0 aromatic carbocycles. The second-order valence-electron chi connectivity index (χ2n) is 5.89. The molecule has 0 bridgehead atoms. The van der Waals surface area contributed by atoms with Gasteiger partial charge in [0, 0.05) is 30.8 Å². The Kier molecular flexibility index (Phi) is 3.64. The molecule has 2 heterocycles. The van der Waals surface area contributed by atoms with E-state index in [1.807, 2.05) is 13.8 Å². The summed E-state index contributed by atoms with van der Waals surface area (Å²) < 4.78 is 29.2.